The Labute approximate surface area is 115 Å². The molecule has 3 rings (SSSR count). The van der Waals surface area contributed by atoms with Crippen LogP contribution < -0.4 is 5.69 Å². The minimum atomic E-state index is -1.52. The van der Waals surface area contributed by atoms with Gasteiger partial charge in [-0.3, -0.25) is 4.57 Å². The summed E-state index contributed by atoms with van der Waals surface area (Å²) >= 11 is 0. The summed E-state index contributed by atoms with van der Waals surface area (Å²) in [6.45, 7) is 2.40. The van der Waals surface area contributed by atoms with Crippen molar-refractivity contribution in [3.8, 4) is 0 Å². The molecule has 1 aliphatic rings. The normalized spacial score (nSPS) is 17.7. The topological polar surface area (TPSA) is 80.3 Å². The van der Waals surface area contributed by atoms with Gasteiger partial charge in [-0.1, -0.05) is 29.8 Å². The molecule has 6 nitrogen and oxygen atoms in total. The van der Waals surface area contributed by atoms with Crippen LogP contribution in [0.2, 0.25) is 0 Å². The highest BCUT2D eigenvalue weighted by atomic mass is 16.5. The second-order valence-electron chi connectivity index (χ2n) is 5.23. The smallest absolute Gasteiger partial charge is 0.346 e. The average Bonchev–Trinajstić information content (AvgIpc) is 2.94. The minimum absolute atomic E-state index is 0.281. The number of aromatic nitrogens is 3. The number of aliphatic hydroxyl groups is 2. The Bertz CT molecular complexity index is 670. The maximum Gasteiger partial charge on any atom is 0.346 e. The number of hydrogen-bond acceptors (Lipinski definition) is 4. The van der Waals surface area contributed by atoms with E-state index in [-0.39, 0.29) is 5.69 Å². The van der Waals surface area contributed by atoms with E-state index in [1.807, 2.05) is 31.2 Å². The Morgan fingerprint density at radius 2 is 2.05 bits per heavy atom. The lowest BCUT2D eigenvalue weighted by Crippen LogP contribution is -2.32. The molecule has 20 heavy (non-hydrogen) atoms. The second kappa shape index (κ2) is 4.88. The maximum atomic E-state index is 12.3. The summed E-state index contributed by atoms with van der Waals surface area (Å²) in [6, 6.07) is 7.33. The van der Waals surface area contributed by atoms with Crippen LogP contribution in [-0.4, -0.2) is 30.9 Å². The van der Waals surface area contributed by atoms with Gasteiger partial charge in [-0.2, -0.15) is 5.10 Å². The van der Waals surface area contributed by atoms with Crippen molar-refractivity contribution in [2.45, 2.75) is 38.6 Å². The molecule has 0 spiro atoms. The molecule has 0 saturated carbocycles. The molecule has 1 aromatic carbocycles. The van der Waals surface area contributed by atoms with Crippen molar-refractivity contribution in [3.63, 3.8) is 0 Å². The molecule has 0 radical (unpaired) electrons. The lowest BCUT2D eigenvalue weighted by atomic mass is 10.1. The van der Waals surface area contributed by atoms with E-state index in [4.69, 9.17) is 0 Å². The fraction of sp³-hybridized carbons (Fsp3) is 0.429. The van der Waals surface area contributed by atoms with Crippen LogP contribution in [0.5, 0.6) is 0 Å². The molecule has 6 heteroatoms. The third-order valence-corrected chi connectivity index (χ3v) is 3.73. The lowest BCUT2D eigenvalue weighted by Gasteiger charge is -2.13. The first kappa shape index (κ1) is 13.1. The summed E-state index contributed by atoms with van der Waals surface area (Å²) in [5.74, 6) is 0.625. The molecule has 1 atom stereocenters. The van der Waals surface area contributed by atoms with Crippen molar-refractivity contribution >= 4 is 0 Å². The van der Waals surface area contributed by atoms with E-state index < -0.39 is 12.3 Å². The molecular weight excluding hydrogens is 258 g/mol. The summed E-state index contributed by atoms with van der Waals surface area (Å²) in [4.78, 5) is 12.3. The van der Waals surface area contributed by atoms with Gasteiger partial charge in [0.2, 0.25) is 0 Å². The van der Waals surface area contributed by atoms with E-state index in [0.717, 1.165) is 11.1 Å². The van der Waals surface area contributed by atoms with Gasteiger partial charge in [-0.25, -0.2) is 9.48 Å². The van der Waals surface area contributed by atoms with Gasteiger partial charge in [0.05, 0.1) is 12.6 Å². The molecule has 2 N–H and O–H groups in total. The molecule has 0 aliphatic carbocycles. The first-order valence-corrected chi connectivity index (χ1v) is 6.66. The van der Waals surface area contributed by atoms with Crippen LogP contribution in [0.15, 0.2) is 29.1 Å². The number of nitrogens with zero attached hydrogens (tertiary/aromatic N) is 3. The molecule has 1 aromatic heterocycles. The van der Waals surface area contributed by atoms with Crippen LogP contribution >= 0.6 is 0 Å². The van der Waals surface area contributed by atoms with Gasteiger partial charge >= 0.3 is 5.69 Å². The summed E-state index contributed by atoms with van der Waals surface area (Å²) in [7, 11) is 0. The summed E-state index contributed by atoms with van der Waals surface area (Å²) in [6.07, 6.45) is -0.384. The molecule has 0 fully saturated rings. The number of aryl methyl sites for hydroxylation is 2. The van der Waals surface area contributed by atoms with Gasteiger partial charge in [0.1, 0.15) is 5.82 Å². The molecule has 1 aliphatic heterocycles. The van der Waals surface area contributed by atoms with E-state index >= 15 is 0 Å². The predicted molar refractivity (Wildman–Crippen MR) is 72.4 cm³/mol. The lowest BCUT2D eigenvalue weighted by molar-refractivity contribution is -0.0767. The Morgan fingerprint density at radius 1 is 1.35 bits per heavy atom. The van der Waals surface area contributed by atoms with Crippen LogP contribution in [-0.2, 0) is 13.0 Å². The first-order chi connectivity index (χ1) is 9.56. The second-order valence-corrected chi connectivity index (χ2v) is 5.23. The van der Waals surface area contributed by atoms with Gasteiger partial charge in [-0.05, 0) is 18.9 Å². The van der Waals surface area contributed by atoms with Crippen LogP contribution in [0.25, 0.3) is 0 Å². The van der Waals surface area contributed by atoms with Crippen LogP contribution in [0.3, 0.4) is 0 Å². The van der Waals surface area contributed by atoms with E-state index in [1.165, 1.54) is 9.25 Å². The number of hydrogen-bond donors (Lipinski definition) is 2. The largest absolute Gasteiger partial charge is 0.366 e. The number of aliphatic hydroxyl groups excluding tert-OH is 1. The Morgan fingerprint density at radius 3 is 2.70 bits per heavy atom. The van der Waals surface area contributed by atoms with Crippen molar-refractivity contribution in [1.82, 2.24) is 14.3 Å². The molecule has 0 amide bonds. The number of benzene rings is 1. The van der Waals surface area contributed by atoms with Gasteiger partial charge in [0.25, 0.3) is 0 Å². The minimum Gasteiger partial charge on any atom is -0.366 e. The zero-order chi connectivity index (χ0) is 14.3. The summed E-state index contributed by atoms with van der Waals surface area (Å²) in [5, 5.41) is 22.9. The third kappa shape index (κ3) is 2.17. The van der Waals surface area contributed by atoms with Crippen molar-refractivity contribution in [3.05, 3.63) is 51.7 Å². The Kier molecular flexibility index (Phi) is 3.19. The Balaban J connectivity index is 1.91. The standard InChI is InChI=1S/C14H17N3O3/c1-9-2-4-10(5-3-9)8-16-14(20)17-11(13(18)19)6-7-12(17)15-16/h2-5,11,13,18-19H,6-8H2,1H3. The summed E-state index contributed by atoms with van der Waals surface area (Å²) in [5.41, 5.74) is 1.88. The van der Waals surface area contributed by atoms with Gasteiger partial charge in [0.15, 0.2) is 6.29 Å². The quantitative estimate of drug-likeness (QED) is 0.784. The van der Waals surface area contributed by atoms with Gasteiger partial charge in [0, 0.05) is 6.42 Å². The SMILES string of the molecule is Cc1ccc(Cn2nc3n(c2=O)C(C(O)O)CC3)cc1. The molecule has 0 bridgehead atoms. The van der Waals surface area contributed by atoms with E-state index in [1.54, 1.807) is 0 Å². The zero-order valence-electron chi connectivity index (χ0n) is 11.2. The van der Waals surface area contributed by atoms with E-state index in [0.29, 0.717) is 25.2 Å². The highest BCUT2D eigenvalue weighted by molar-refractivity contribution is 5.21. The zero-order valence-corrected chi connectivity index (χ0v) is 11.2. The highest BCUT2D eigenvalue weighted by Gasteiger charge is 2.31. The number of fused-ring (bicyclic) bond motifs is 1. The molecule has 2 heterocycles. The molecule has 2 aromatic rings. The van der Waals surface area contributed by atoms with E-state index in [2.05, 4.69) is 5.10 Å². The van der Waals surface area contributed by atoms with Crippen molar-refractivity contribution in [2.75, 3.05) is 0 Å². The molecule has 106 valence electrons. The van der Waals surface area contributed by atoms with Gasteiger partial charge in [-0.15, -0.1) is 0 Å². The van der Waals surface area contributed by atoms with Crippen LogP contribution in [0.1, 0.15) is 29.4 Å². The van der Waals surface area contributed by atoms with E-state index in [9.17, 15) is 15.0 Å². The van der Waals surface area contributed by atoms with Crippen molar-refractivity contribution in [1.29, 1.82) is 0 Å². The monoisotopic (exact) mass is 275 g/mol. The maximum absolute atomic E-state index is 12.3. The first-order valence-electron chi connectivity index (χ1n) is 6.66. The molecule has 1 unspecified atom stereocenters. The molecular formula is C14H17N3O3. The van der Waals surface area contributed by atoms with Crippen molar-refractivity contribution in [2.24, 2.45) is 0 Å². The van der Waals surface area contributed by atoms with Crippen LogP contribution in [0, 0.1) is 6.92 Å². The Hall–Kier alpha value is -1.92. The number of rotatable bonds is 3. The van der Waals surface area contributed by atoms with Crippen molar-refractivity contribution < 1.29 is 10.2 Å². The summed E-state index contributed by atoms with van der Waals surface area (Å²) < 4.78 is 2.79. The highest BCUT2D eigenvalue weighted by Crippen LogP contribution is 2.24. The average molecular weight is 275 g/mol. The fourth-order valence-corrected chi connectivity index (χ4v) is 2.63. The fourth-order valence-electron chi connectivity index (χ4n) is 2.63. The predicted octanol–water partition coefficient (Wildman–Crippen LogP) is 0.200. The van der Waals surface area contributed by atoms with Crippen LogP contribution in [0.4, 0.5) is 0 Å². The van der Waals surface area contributed by atoms with Gasteiger partial charge < -0.3 is 10.2 Å². The third-order valence-electron chi connectivity index (χ3n) is 3.73. The molecule has 0 saturated heterocycles.